The van der Waals surface area contributed by atoms with Gasteiger partial charge in [0, 0.05) is 35.2 Å². The minimum absolute atomic E-state index is 0.326. The predicted molar refractivity (Wildman–Crippen MR) is 64.7 cm³/mol. The molecule has 1 aromatic carbocycles. The number of fused-ring (bicyclic) bond motifs is 3. The van der Waals surface area contributed by atoms with Gasteiger partial charge in [0.1, 0.15) is 5.75 Å². The fourth-order valence-electron chi connectivity index (χ4n) is 2.59. The Hall–Kier alpha value is -1.48. The first-order valence-corrected chi connectivity index (χ1v) is 5.70. The van der Waals surface area contributed by atoms with Crippen LogP contribution in [0.1, 0.15) is 24.2 Å². The highest BCUT2D eigenvalue weighted by atomic mass is 16.3. The Kier molecular flexibility index (Phi) is 1.98. The number of H-pyrrole nitrogens is 1. The van der Waals surface area contributed by atoms with Crippen LogP contribution in [0.25, 0.3) is 10.9 Å². The SMILES string of the molecule is CC1c2[nH]c3cc(O)ccc3c2CCN1C. The highest BCUT2D eigenvalue weighted by Crippen LogP contribution is 2.34. The number of hydrogen-bond donors (Lipinski definition) is 2. The van der Waals surface area contributed by atoms with Gasteiger partial charge in [0.05, 0.1) is 0 Å². The number of hydrogen-bond acceptors (Lipinski definition) is 2. The lowest BCUT2D eigenvalue weighted by Gasteiger charge is -2.29. The maximum Gasteiger partial charge on any atom is 0.117 e. The Bertz CT molecular complexity index is 544. The second-order valence-corrected chi connectivity index (χ2v) is 4.65. The number of aromatic amines is 1. The van der Waals surface area contributed by atoms with Crippen LogP contribution in [-0.2, 0) is 6.42 Å². The van der Waals surface area contributed by atoms with E-state index >= 15 is 0 Å². The molecule has 16 heavy (non-hydrogen) atoms. The van der Waals surface area contributed by atoms with Gasteiger partial charge in [0.25, 0.3) is 0 Å². The molecular formula is C13H16N2O. The van der Waals surface area contributed by atoms with Gasteiger partial charge in [-0.05, 0) is 38.1 Å². The maximum absolute atomic E-state index is 9.48. The van der Waals surface area contributed by atoms with Crippen LogP contribution >= 0.6 is 0 Å². The molecule has 3 heteroatoms. The lowest BCUT2D eigenvalue weighted by Crippen LogP contribution is -2.30. The van der Waals surface area contributed by atoms with E-state index in [1.807, 2.05) is 6.07 Å². The van der Waals surface area contributed by atoms with E-state index in [1.54, 1.807) is 12.1 Å². The molecule has 1 unspecified atom stereocenters. The molecule has 3 rings (SSSR count). The van der Waals surface area contributed by atoms with Crippen molar-refractivity contribution < 1.29 is 5.11 Å². The van der Waals surface area contributed by atoms with E-state index in [-0.39, 0.29) is 0 Å². The van der Waals surface area contributed by atoms with Crippen LogP contribution in [0, 0.1) is 0 Å². The minimum Gasteiger partial charge on any atom is -0.508 e. The van der Waals surface area contributed by atoms with E-state index in [0.29, 0.717) is 11.8 Å². The molecule has 0 fully saturated rings. The number of nitrogens with one attached hydrogen (secondary N) is 1. The van der Waals surface area contributed by atoms with Gasteiger partial charge in [-0.2, -0.15) is 0 Å². The molecule has 0 bridgehead atoms. The van der Waals surface area contributed by atoms with E-state index in [2.05, 4.69) is 23.9 Å². The molecule has 2 aromatic rings. The third-order valence-electron chi connectivity index (χ3n) is 3.72. The average molecular weight is 216 g/mol. The summed E-state index contributed by atoms with van der Waals surface area (Å²) in [6, 6.07) is 6.01. The Labute approximate surface area is 94.7 Å². The molecule has 2 N–H and O–H groups in total. The van der Waals surface area contributed by atoms with Crippen molar-refractivity contribution in [2.75, 3.05) is 13.6 Å². The molecule has 1 aromatic heterocycles. The Morgan fingerprint density at radius 2 is 2.25 bits per heavy atom. The summed E-state index contributed by atoms with van der Waals surface area (Å²) in [5.41, 5.74) is 3.77. The molecule has 1 aliphatic rings. The molecular weight excluding hydrogens is 200 g/mol. The molecule has 1 atom stereocenters. The van der Waals surface area contributed by atoms with E-state index in [1.165, 1.54) is 16.6 Å². The molecule has 2 heterocycles. The Morgan fingerprint density at radius 3 is 3.06 bits per heavy atom. The third kappa shape index (κ3) is 1.25. The molecule has 0 aliphatic carbocycles. The van der Waals surface area contributed by atoms with Gasteiger partial charge >= 0.3 is 0 Å². The molecule has 84 valence electrons. The zero-order valence-electron chi connectivity index (χ0n) is 9.62. The van der Waals surface area contributed by atoms with Crippen LogP contribution in [-0.4, -0.2) is 28.6 Å². The monoisotopic (exact) mass is 216 g/mol. The average Bonchev–Trinajstić information content (AvgIpc) is 2.62. The standard InChI is InChI=1S/C13H16N2O/c1-8-13-11(5-6-15(8)2)10-4-3-9(16)7-12(10)14-13/h3-4,7-8,14,16H,5-6H2,1-2H3. The van der Waals surface area contributed by atoms with Gasteiger partial charge < -0.3 is 10.1 Å². The van der Waals surface area contributed by atoms with Gasteiger partial charge in [0.2, 0.25) is 0 Å². The largest absolute Gasteiger partial charge is 0.508 e. The summed E-state index contributed by atoms with van der Waals surface area (Å²) in [6.07, 6.45) is 1.08. The molecule has 0 saturated carbocycles. The first kappa shape index (κ1) is 9.73. The van der Waals surface area contributed by atoms with Crippen molar-refractivity contribution >= 4 is 10.9 Å². The number of aromatic hydroxyl groups is 1. The summed E-state index contributed by atoms with van der Waals surface area (Å²) in [6.45, 7) is 3.31. The van der Waals surface area contributed by atoms with Gasteiger partial charge in [-0.1, -0.05) is 0 Å². The quantitative estimate of drug-likeness (QED) is 0.710. The zero-order valence-corrected chi connectivity index (χ0v) is 9.62. The van der Waals surface area contributed by atoms with Crippen molar-refractivity contribution in [1.29, 1.82) is 0 Å². The fraction of sp³-hybridized carbons (Fsp3) is 0.385. The molecule has 0 spiro atoms. The number of benzene rings is 1. The fourth-order valence-corrected chi connectivity index (χ4v) is 2.59. The number of phenols is 1. The number of rotatable bonds is 0. The lowest BCUT2D eigenvalue weighted by atomic mass is 9.99. The molecule has 0 saturated heterocycles. The van der Waals surface area contributed by atoms with Crippen LogP contribution in [0.3, 0.4) is 0 Å². The number of phenolic OH excluding ortho intramolecular Hbond substituents is 1. The first-order chi connectivity index (χ1) is 7.66. The number of likely N-dealkylation sites (N-methyl/N-ethyl adjacent to an activating group) is 1. The van der Waals surface area contributed by atoms with Crippen LogP contribution in [0.4, 0.5) is 0 Å². The third-order valence-corrected chi connectivity index (χ3v) is 3.72. The van der Waals surface area contributed by atoms with Crippen LogP contribution < -0.4 is 0 Å². The van der Waals surface area contributed by atoms with Crippen molar-refractivity contribution in [1.82, 2.24) is 9.88 Å². The molecule has 3 nitrogen and oxygen atoms in total. The summed E-state index contributed by atoms with van der Waals surface area (Å²) in [5.74, 6) is 0.326. The van der Waals surface area contributed by atoms with Crippen LogP contribution in [0.5, 0.6) is 5.75 Å². The summed E-state index contributed by atoms with van der Waals surface area (Å²) in [4.78, 5) is 5.78. The number of aromatic nitrogens is 1. The summed E-state index contributed by atoms with van der Waals surface area (Å²) < 4.78 is 0. The summed E-state index contributed by atoms with van der Waals surface area (Å²) >= 11 is 0. The van der Waals surface area contributed by atoms with Crippen molar-refractivity contribution in [3.63, 3.8) is 0 Å². The van der Waals surface area contributed by atoms with Crippen LogP contribution in [0.2, 0.25) is 0 Å². The van der Waals surface area contributed by atoms with Crippen molar-refractivity contribution in [3.8, 4) is 5.75 Å². The first-order valence-electron chi connectivity index (χ1n) is 5.70. The predicted octanol–water partition coefficient (Wildman–Crippen LogP) is 2.42. The zero-order chi connectivity index (χ0) is 11.3. The molecule has 1 aliphatic heterocycles. The molecule has 0 radical (unpaired) electrons. The second-order valence-electron chi connectivity index (χ2n) is 4.65. The lowest BCUT2D eigenvalue weighted by molar-refractivity contribution is 0.244. The van der Waals surface area contributed by atoms with Crippen molar-refractivity contribution in [2.45, 2.75) is 19.4 Å². The normalized spacial score (nSPS) is 21.2. The maximum atomic E-state index is 9.48. The van der Waals surface area contributed by atoms with Gasteiger partial charge in [-0.15, -0.1) is 0 Å². The van der Waals surface area contributed by atoms with Crippen molar-refractivity contribution in [2.24, 2.45) is 0 Å². The van der Waals surface area contributed by atoms with E-state index in [0.717, 1.165) is 18.5 Å². The van der Waals surface area contributed by atoms with Crippen molar-refractivity contribution in [3.05, 3.63) is 29.5 Å². The number of nitrogens with zero attached hydrogens (tertiary/aromatic N) is 1. The molecule has 0 amide bonds. The van der Waals surface area contributed by atoms with E-state index in [9.17, 15) is 5.11 Å². The Balaban J connectivity index is 2.25. The van der Waals surface area contributed by atoms with Gasteiger partial charge in [-0.3, -0.25) is 4.90 Å². The topological polar surface area (TPSA) is 39.3 Å². The second kappa shape index (κ2) is 3.25. The summed E-state index contributed by atoms with van der Waals surface area (Å²) in [5, 5.41) is 10.7. The highest BCUT2D eigenvalue weighted by molar-refractivity contribution is 5.86. The van der Waals surface area contributed by atoms with E-state index in [4.69, 9.17) is 0 Å². The van der Waals surface area contributed by atoms with Gasteiger partial charge in [-0.25, -0.2) is 0 Å². The smallest absolute Gasteiger partial charge is 0.117 e. The van der Waals surface area contributed by atoms with E-state index < -0.39 is 0 Å². The van der Waals surface area contributed by atoms with Crippen LogP contribution in [0.15, 0.2) is 18.2 Å². The summed E-state index contributed by atoms with van der Waals surface area (Å²) in [7, 11) is 2.15. The van der Waals surface area contributed by atoms with Gasteiger partial charge in [0.15, 0.2) is 0 Å². The Morgan fingerprint density at radius 1 is 1.44 bits per heavy atom. The minimum atomic E-state index is 0.326. The highest BCUT2D eigenvalue weighted by Gasteiger charge is 2.24.